The van der Waals surface area contributed by atoms with Crippen LogP contribution in [0, 0.1) is 0 Å². The van der Waals surface area contributed by atoms with Crippen LogP contribution in [0.2, 0.25) is 0 Å². The second-order valence-corrected chi connectivity index (χ2v) is 3.19. The maximum Gasteiger partial charge on any atom is 0.227 e. The van der Waals surface area contributed by atoms with Crippen LogP contribution in [-0.4, -0.2) is 19.0 Å². The summed E-state index contributed by atoms with van der Waals surface area (Å²) in [4.78, 5) is 11.4. The highest BCUT2D eigenvalue weighted by Crippen LogP contribution is 2.19. The number of carbonyl (C=O) groups is 1. The smallest absolute Gasteiger partial charge is 0.227 e. The number of rotatable bonds is 3. The highest BCUT2D eigenvalue weighted by atomic mass is 79.9. The highest BCUT2D eigenvalue weighted by Gasteiger charge is 2.19. The zero-order valence-corrected chi connectivity index (χ0v) is 8.42. The SMILES string of the molecule is COC(C)C(=O)c1occc1Br. The van der Waals surface area contributed by atoms with Gasteiger partial charge in [0, 0.05) is 7.11 Å². The van der Waals surface area contributed by atoms with Crippen molar-refractivity contribution in [2.45, 2.75) is 13.0 Å². The van der Waals surface area contributed by atoms with Crippen molar-refractivity contribution in [3.8, 4) is 0 Å². The lowest BCUT2D eigenvalue weighted by Gasteiger charge is -2.05. The Morgan fingerprint density at radius 3 is 2.83 bits per heavy atom. The first-order valence-corrected chi connectivity index (χ1v) is 4.26. The molecule has 0 radical (unpaired) electrons. The Labute approximate surface area is 78.8 Å². The lowest BCUT2D eigenvalue weighted by Crippen LogP contribution is -2.18. The number of hydrogen-bond donors (Lipinski definition) is 0. The van der Waals surface area contributed by atoms with Gasteiger partial charge in [-0.15, -0.1) is 0 Å². The lowest BCUT2D eigenvalue weighted by molar-refractivity contribution is 0.0626. The predicted molar refractivity (Wildman–Crippen MR) is 47.2 cm³/mol. The van der Waals surface area contributed by atoms with Gasteiger partial charge in [-0.3, -0.25) is 4.79 Å². The molecule has 0 aliphatic rings. The first-order valence-electron chi connectivity index (χ1n) is 3.46. The Morgan fingerprint density at radius 1 is 1.75 bits per heavy atom. The van der Waals surface area contributed by atoms with Crippen LogP contribution in [0.15, 0.2) is 21.2 Å². The van der Waals surface area contributed by atoms with E-state index in [0.29, 0.717) is 10.2 Å². The van der Waals surface area contributed by atoms with Gasteiger partial charge in [-0.1, -0.05) is 0 Å². The Kier molecular flexibility index (Phi) is 3.05. The van der Waals surface area contributed by atoms with E-state index < -0.39 is 6.10 Å². The number of Topliss-reactive ketones (excluding diaryl/α,β-unsaturated/α-hetero) is 1. The van der Waals surface area contributed by atoms with Crippen LogP contribution >= 0.6 is 15.9 Å². The molecule has 1 unspecified atom stereocenters. The van der Waals surface area contributed by atoms with Gasteiger partial charge >= 0.3 is 0 Å². The van der Waals surface area contributed by atoms with Crippen LogP contribution in [0.5, 0.6) is 0 Å². The Hall–Kier alpha value is -0.610. The summed E-state index contributed by atoms with van der Waals surface area (Å²) < 4.78 is 10.5. The standard InChI is InChI=1S/C8H9BrO3/c1-5(11-2)7(10)8-6(9)3-4-12-8/h3-5H,1-2H3. The highest BCUT2D eigenvalue weighted by molar-refractivity contribution is 9.10. The molecule has 66 valence electrons. The van der Waals surface area contributed by atoms with Gasteiger partial charge in [-0.2, -0.15) is 0 Å². The van der Waals surface area contributed by atoms with Crippen molar-refractivity contribution in [1.82, 2.24) is 0 Å². The predicted octanol–water partition coefficient (Wildman–Crippen LogP) is 2.26. The molecule has 0 saturated carbocycles. The minimum atomic E-state index is -0.465. The number of hydrogen-bond acceptors (Lipinski definition) is 3. The van der Waals surface area contributed by atoms with Crippen molar-refractivity contribution >= 4 is 21.7 Å². The van der Waals surface area contributed by atoms with Crippen LogP contribution in [0.4, 0.5) is 0 Å². The molecule has 0 saturated heterocycles. The van der Waals surface area contributed by atoms with E-state index in [2.05, 4.69) is 15.9 Å². The number of methoxy groups -OCH3 is 1. The fraction of sp³-hybridized carbons (Fsp3) is 0.375. The molecule has 0 aromatic carbocycles. The molecule has 12 heavy (non-hydrogen) atoms. The van der Waals surface area contributed by atoms with Gasteiger partial charge in [0.15, 0.2) is 5.76 Å². The number of halogens is 1. The number of ketones is 1. The van der Waals surface area contributed by atoms with E-state index >= 15 is 0 Å². The monoisotopic (exact) mass is 232 g/mol. The summed E-state index contributed by atoms with van der Waals surface area (Å²) in [5.74, 6) is 0.152. The van der Waals surface area contributed by atoms with E-state index in [1.54, 1.807) is 13.0 Å². The zero-order chi connectivity index (χ0) is 9.14. The lowest BCUT2D eigenvalue weighted by atomic mass is 10.2. The quantitative estimate of drug-likeness (QED) is 0.751. The fourth-order valence-electron chi connectivity index (χ4n) is 0.761. The molecule has 0 spiro atoms. The van der Waals surface area contributed by atoms with Gasteiger partial charge in [0.05, 0.1) is 10.7 Å². The largest absolute Gasteiger partial charge is 0.460 e. The van der Waals surface area contributed by atoms with Gasteiger partial charge in [0.25, 0.3) is 0 Å². The molecule has 1 rings (SSSR count). The molecule has 0 fully saturated rings. The number of ether oxygens (including phenoxy) is 1. The first-order chi connectivity index (χ1) is 5.66. The molecule has 0 amide bonds. The summed E-state index contributed by atoms with van der Waals surface area (Å²) in [6, 6.07) is 1.68. The van der Waals surface area contributed by atoms with Crippen LogP contribution in [0.25, 0.3) is 0 Å². The van der Waals surface area contributed by atoms with Gasteiger partial charge in [0.1, 0.15) is 6.10 Å². The molecular formula is C8H9BrO3. The summed E-state index contributed by atoms with van der Waals surface area (Å²) in [5.41, 5.74) is 0. The van der Waals surface area contributed by atoms with Crippen LogP contribution in [-0.2, 0) is 4.74 Å². The summed E-state index contributed by atoms with van der Waals surface area (Å²) in [5, 5.41) is 0. The minimum absolute atomic E-state index is 0.158. The molecule has 4 heteroatoms. The Balaban J connectivity index is 2.85. The number of carbonyl (C=O) groups excluding carboxylic acids is 1. The fourth-order valence-corrected chi connectivity index (χ4v) is 1.16. The van der Waals surface area contributed by atoms with Crippen LogP contribution < -0.4 is 0 Å². The summed E-state index contributed by atoms with van der Waals surface area (Å²) >= 11 is 3.19. The van der Waals surface area contributed by atoms with Crippen molar-refractivity contribution in [3.05, 3.63) is 22.6 Å². The normalized spacial score (nSPS) is 12.9. The van der Waals surface area contributed by atoms with E-state index in [-0.39, 0.29) is 5.78 Å². The van der Waals surface area contributed by atoms with Gasteiger partial charge < -0.3 is 9.15 Å². The van der Waals surface area contributed by atoms with Crippen molar-refractivity contribution in [1.29, 1.82) is 0 Å². The van der Waals surface area contributed by atoms with E-state index in [0.717, 1.165) is 0 Å². The van der Waals surface area contributed by atoms with Gasteiger partial charge in [-0.25, -0.2) is 0 Å². The molecule has 1 aromatic rings. The van der Waals surface area contributed by atoms with Gasteiger partial charge in [-0.05, 0) is 28.9 Å². The third kappa shape index (κ3) is 1.76. The third-order valence-corrected chi connectivity index (χ3v) is 2.19. The second kappa shape index (κ2) is 3.87. The maximum absolute atomic E-state index is 11.4. The van der Waals surface area contributed by atoms with Crippen molar-refractivity contribution < 1.29 is 13.9 Å². The van der Waals surface area contributed by atoms with E-state index in [1.807, 2.05) is 0 Å². The minimum Gasteiger partial charge on any atom is -0.460 e. The first kappa shape index (κ1) is 9.48. The average Bonchev–Trinajstić information content (AvgIpc) is 2.48. The number of furan rings is 1. The zero-order valence-electron chi connectivity index (χ0n) is 6.83. The molecule has 1 aromatic heterocycles. The molecule has 0 aliphatic heterocycles. The summed E-state index contributed by atoms with van der Waals surface area (Å²) in [6.45, 7) is 1.68. The van der Waals surface area contributed by atoms with E-state index in [4.69, 9.17) is 9.15 Å². The topological polar surface area (TPSA) is 39.4 Å². The van der Waals surface area contributed by atoms with Crippen molar-refractivity contribution in [2.24, 2.45) is 0 Å². The molecule has 0 N–H and O–H groups in total. The molecule has 1 heterocycles. The van der Waals surface area contributed by atoms with Crippen LogP contribution in [0.3, 0.4) is 0 Å². The third-order valence-electron chi connectivity index (χ3n) is 1.56. The van der Waals surface area contributed by atoms with Crippen LogP contribution in [0.1, 0.15) is 17.5 Å². The maximum atomic E-state index is 11.4. The molecule has 1 atom stereocenters. The second-order valence-electron chi connectivity index (χ2n) is 2.34. The average molecular weight is 233 g/mol. The van der Waals surface area contributed by atoms with E-state index in [1.165, 1.54) is 13.4 Å². The molecule has 0 aliphatic carbocycles. The van der Waals surface area contributed by atoms with Crippen molar-refractivity contribution in [2.75, 3.05) is 7.11 Å². The molecule has 0 bridgehead atoms. The summed E-state index contributed by atoms with van der Waals surface area (Å²) in [7, 11) is 1.49. The Bertz CT molecular complexity index is 280. The van der Waals surface area contributed by atoms with Gasteiger partial charge in [0.2, 0.25) is 5.78 Å². The van der Waals surface area contributed by atoms with E-state index in [9.17, 15) is 4.79 Å². The molecule has 3 nitrogen and oxygen atoms in total. The summed E-state index contributed by atoms with van der Waals surface area (Å²) in [6.07, 6.45) is 0.993. The van der Waals surface area contributed by atoms with Crippen molar-refractivity contribution in [3.63, 3.8) is 0 Å². The Morgan fingerprint density at radius 2 is 2.42 bits per heavy atom. The molecular weight excluding hydrogens is 224 g/mol.